The largest absolute Gasteiger partial charge is 0.496 e. The van der Waals surface area contributed by atoms with E-state index in [0.717, 1.165) is 16.5 Å². The summed E-state index contributed by atoms with van der Waals surface area (Å²) in [6.45, 7) is 8.06. The van der Waals surface area contributed by atoms with Crippen LogP contribution in [0.1, 0.15) is 43.9 Å². The van der Waals surface area contributed by atoms with Gasteiger partial charge in [-0.1, -0.05) is 65.4 Å². The molecule has 4 rings (SSSR count). The number of carbonyl (C=O) groups is 1. The van der Waals surface area contributed by atoms with E-state index in [9.17, 15) is 9.59 Å². The van der Waals surface area contributed by atoms with Gasteiger partial charge in [-0.05, 0) is 55.3 Å². The fourth-order valence-electron chi connectivity index (χ4n) is 4.33. The van der Waals surface area contributed by atoms with Crippen LogP contribution in [0.4, 0.5) is 0 Å². The van der Waals surface area contributed by atoms with E-state index in [1.807, 2.05) is 55.5 Å². The van der Waals surface area contributed by atoms with Crippen molar-refractivity contribution in [3.05, 3.63) is 102 Å². The molecule has 0 fully saturated rings. The van der Waals surface area contributed by atoms with Gasteiger partial charge in [0.2, 0.25) is 0 Å². The van der Waals surface area contributed by atoms with Crippen LogP contribution >= 0.6 is 27.3 Å². The number of aromatic nitrogens is 1. The average molecular weight is 598 g/mol. The molecule has 0 bridgehead atoms. The maximum absolute atomic E-state index is 13.9. The van der Waals surface area contributed by atoms with Gasteiger partial charge in [-0.15, -0.1) is 0 Å². The molecule has 1 aliphatic rings. The number of ether oxygens (including phenoxy) is 3. The molecule has 1 atom stereocenters. The maximum Gasteiger partial charge on any atom is 0.338 e. The van der Waals surface area contributed by atoms with Gasteiger partial charge in [-0.2, -0.15) is 0 Å². The molecule has 2 heterocycles. The van der Waals surface area contributed by atoms with E-state index in [0.29, 0.717) is 50.7 Å². The lowest BCUT2D eigenvalue weighted by Crippen LogP contribution is -2.40. The fraction of sp³-hybridized carbons (Fsp3) is 0.276. The van der Waals surface area contributed by atoms with Crippen LogP contribution in [0.15, 0.2) is 80.6 Å². The summed E-state index contributed by atoms with van der Waals surface area (Å²) in [6.07, 6.45) is 4.83. The van der Waals surface area contributed by atoms with Crippen molar-refractivity contribution in [2.75, 3.05) is 20.3 Å². The smallest absolute Gasteiger partial charge is 0.338 e. The normalized spacial score (nSPS) is 15.1. The summed E-state index contributed by atoms with van der Waals surface area (Å²) in [7, 11) is 1.57. The zero-order valence-corrected chi connectivity index (χ0v) is 23.9. The highest BCUT2D eigenvalue weighted by atomic mass is 79.9. The number of carbonyl (C=O) groups excluding carboxylic acids is 1. The van der Waals surface area contributed by atoms with Gasteiger partial charge < -0.3 is 14.2 Å². The third-order valence-corrected chi connectivity index (χ3v) is 7.38. The summed E-state index contributed by atoms with van der Waals surface area (Å²) < 4.78 is 19.6. The van der Waals surface area contributed by atoms with Crippen LogP contribution in [0.3, 0.4) is 0 Å². The lowest BCUT2D eigenvalue weighted by Gasteiger charge is -2.27. The Morgan fingerprint density at radius 3 is 2.76 bits per heavy atom. The van der Waals surface area contributed by atoms with Crippen molar-refractivity contribution in [3.63, 3.8) is 0 Å². The van der Waals surface area contributed by atoms with Crippen molar-refractivity contribution in [2.24, 2.45) is 4.99 Å². The maximum atomic E-state index is 13.9. The Morgan fingerprint density at radius 1 is 1.24 bits per heavy atom. The number of rotatable bonds is 10. The molecule has 0 saturated heterocycles. The third-order valence-electron chi connectivity index (χ3n) is 5.90. The topological polar surface area (TPSA) is 79.1 Å². The minimum Gasteiger partial charge on any atom is -0.496 e. The molecule has 0 amide bonds. The van der Waals surface area contributed by atoms with Crippen molar-refractivity contribution in [3.8, 4) is 11.5 Å². The molecule has 0 saturated carbocycles. The standard InChI is InChI=1S/C29H29BrN2O5S/c1-5-9-22-25(28(34)36-7-3)26(21-17-19(30)12-13-23(21)35-4)32-27(33)24(38-29(32)31-22)16-18-10-8-11-20(15-18)37-14-6-2/h6,8,10-13,15-17,26H,2,5,7,9,14H2,1,3-4H3/b24-16+/t26-/m1/s1. The Morgan fingerprint density at radius 2 is 2.05 bits per heavy atom. The Labute approximate surface area is 233 Å². The first-order valence-corrected chi connectivity index (χ1v) is 13.9. The minimum absolute atomic E-state index is 0.207. The average Bonchev–Trinajstić information content (AvgIpc) is 3.21. The first kappa shape index (κ1) is 27.6. The second kappa shape index (κ2) is 12.4. The van der Waals surface area contributed by atoms with Crippen molar-refractivity contribution in [2.45, 2.75) is 32.7 Å². The van der Waals surface area contributed by atoms with E-state index in [1.54, 1.807) is 24.7 Å². The van der Waals surface area contributed by atoms with Gasteiger partial charge in [0.15, 0.2) is 4.80 Å². The fourth-order valence-corrected chi connectivity index (χ4v) is 5.73. The van der Waals surface area contributed by atoms with Crippen molar-refractivity contribution < 1.29 is 19.0 Å². The highest BCUT2D eigenvalue weighted by Gasteiger charge is 2.36. The van der Waals surface area contributed by atoms with E-state index in [4.69, 9.17) is 19.2 Å². The number of allylic oxidation sites excluding steroid dienone is 1. The summed E-state index contributed by atoms with van der Waals surface area (Å²) in [5.74, 6) is 0.741. The molecule has 3 aromatic rings. The first-order valence-electron chi connectivity index (χ1n) is 12.3. The minimum atomic E-state index is -0.760. The highest BCUT2D eigenvalue weighted by Crippen LogP contribution is 2.38. The number of esters is 1. The number of methoxy groups -OCH3 is 1. The second-order valence-corrected chi connectivity index (χ2v) is 10.4. The summed E-state index contributed by atoms with van der Waals surface area (Å²) >= 11 is 4.82. The first-order chi connectivity index (χ1) is 18.4. The molecule has 38 heavy (non-hydrogen) atoms. The Hall–Kier alpha value is -3.43. The quantitative estimate of drug-likeness (QED) is 0.245. The predicted molar refractivity (Wildman–Crippen MR) is 152 cm³/mol. The van der Waals surface area contributed by atoms with Crippen LogP contribution < -0.4 is 24.4 Å². The third kappa shape index (κ3) is 5.68. The molecule has 0 aliphatic carbocycles. The second-order valence-electron chi connectivity index (χ2n) is 8.47. The molecular formula is C29H29BrN2O5S. The van der Waals surface area contributed by atoms with Crippen LogP contribution in [0.5, 0.6) is 11.5 Å². The van der Waals surface area contributed by atoms with Gasteiger partial charge in [-0.3, -0.25) is 9.36 Å². The lowest BCUT2D eigenvalue weighted by molar-refractivity contribution is -0.139. The monoisotopic (exact) mass is 596 g/mol. The highest BCUT2D eigenvalue weighted by molar-refractivity contribution is 9.10. The Balaban J connectivity index is 1.98. The molecule has 0 radical (unpaired) electrons. The molecule has 0 spiro atoms. The number of thiazole rings is 1. The summed E-state index contributed by atoms with van der Waals surface area (Å²) in [5, 5.41) is 0. The molecule has 7 nitrogen and oxygen atoms in total. The zero-order valence-electron chi connectivity index (χ0n) is 21.5. The molecule has 1 aliphatic heterocycles. The summed E-state index contributed by atoms with van der Waals surface area (Å²) in [5.41, 5.74) is 2.19. The summed E-state index contributed by atoms with van der Waals surface area (Å²) in [4.78, 5) is 32.6. The Bertz CT molecular complexity index is 1570. The van der Waals surface area contributed by atoms with Crippen molar-refractivity contribution in [1.29, 1.82) is 0 Å². The Kier molecular flexibility index (Phi) is 9.01. The van der Waals surface area contributed by atoms with Gasteiger partial charge in [-0.25, -0.2) is 9.79 Å². The number of nitrogens with zero attached hydrogens (tertiary/aromatic N) is 2. The van der Waals surface area contributed by atoms with Crippen LogP contribution in [0.25, 0.3) is 6.08 Å². The SMILES string of the molecule is C=CCOc1cccc(/C=c2/sc3n(c2=O)[C@H](c2cc(Br)ccc2OC)C(C(=O)OCC)=C(CCC)N=3)c1. The van der Waals surface area contributed by atoms with Gasteiger partial charge in [0, 0.05) is 10.0 Å². The predicted octanol–water partition coefficient (Wildman–Crippen LogP) is 4.91. The van der Waals surface area contributed by atoms with Crippen LogP contribution in [0.2, 0.25) is 0 Å². The van der Waals surface area contributed by atoms with Crippen molar-refractivity contribution >= 4 is 39.3 Å². The molecule has 0 unspecified atom stereocenters. The number of hydrogen-bond acceptors (Lipinski definition) is 7. The van der Waals surface area contributed by atoms with Gasteiger partial charge in [0.1, 0.15) is 24.1 Å². The van der Waals surface area contributed by atoms with E-state index in [2.05, 4.69) is 22.5 Å². The van der Waals surface area contributed by atoms with E-state index >= 15 is 0 Å². The molecule has 9 heteroatoms. The molecule has 2 aromatic carbocycles. The van der Waals surface area contributed by atoms with E-state index in [1.165, 1.54) is 11.3 Å². The van der Waals surface area contributed by atoms with Crippen LogP contribution in [-0.4, -0.2) is 30.9 Å². The van der Waals surface area contributed by atoms with Gasteiger partial charge in [0.05, 0.1) is 29.5 Å². The van der Waals surface area contributed by atoms with E-state index in [-0.39, 0.29) is 12.2 Å². The number of benzene rings is 2. The van der Waals surface area contributed by atoms with Gasteiger partial charge >= 0.3 is 5.97 Å². The number of hydrogen-bond donors (Lipinski definition) is 0. The van der Waals surface area contributed by atoms with E-state index < -0.39 is 12.0 Å². The van der Waals surface area contributed by atoms with Crippen LogP contribution in [-0.2, 0) is 9.53 Å². The van der Waals surface area contributed by atoms with Gasteiger partial charge in [0.25, 0.3) is 5.56 Å². The number of halogens is 1. The summed E-state index contributed by atoms with van der Waals surface area (Å²) in [6, 6.07) is 12.3. The molecule has 198 valence electrons. The molecule has 0 N–H and O–H groups in total. The molecule has 1 aromatic heterocycles. The van der Waals surface area contributed by atoms with Crippen molar-refractivity contribution in [1.82, 2.24) is 4.57 Å². The number of fused-ring (bicyclic) bond motifs is 1. The molecular weight excluding hydrogens is 568 g/mol. The zero-order chi connectivity index (χ0) is 27.2. The van der Waals surface area contributed by atoms with Crippen LogP contribution in [0, 0.1) is 0 Å². The lowest BCUT2D eigenvalue weighted by atomic mass is 9.93.